The summed E-state index contributed by atoms with van der Waals surface area (Å²) in [5, 5.41) is 5.75. The molecule has 6 nitrogen and oxygen atoms in total. The first kappa shape index (κ1) is 18.7. The van der Waals surface area contributed by atoms with Crippen molar-refractivity contribution >= 4 is 39.8 Å². The van der Waals surface area contributed by atoms with Crippen LogP contribution in [0.1, 0.15) is 34.6 Å². The lowest BCUT2D eigenvalue weighted by molar-refractivity contribution is -0.123. The average Bonchev–Trinajstić information content (AvgIpc) is 2.81. The van der Waals surface area contributed by atoms with Gasteiger partial charge in [-0.1, -0.05) is 18.2 Å². The van der Waals surface area contributed by atoms with Crippen molar-refractivity contribution in [3.05, 3.63) is 46.3 Å². The summed E-state index contributed by atoms with van der Waals surface area (Å²) >= 11 is 1.30. The maximum atomic E-state index is 12.5. The number of benzene rings is 1. The van der Waals surface area contributed by atoms with Crippen LogP contribution in [0.15, 0.2) is 30.3 Å². The molecule has 2 N–H and O–H groups in total. The lowest BCUT2D eigenvalue weighted by Gasteiger charge is -2.14. The maximum absolute atomic E-state index is 12.5. The number of rotatable bonds is 5. The van der Waals surface area contributed by atoms with E-state index in [1.165, 1.54) is 25.2 Å². The van der Waals surface area contributed by atoms with Gasteiger partial charge in [0.1, 0.15) is 5.00 Å². The Kier molecular flexibility index (Phi) is 5.93. The molecular formula is C18H20N2O4S. The van der Waals surface area contributed by atoms with Gasteiger partial charge in [-0.15, -0.1) is 11.3 Å². The molecule has 0 saturated heterocycles. The van der Waals surface area contributed by atoms with Crippen LogP contribution < -0.4 is 10.6 Å². The summed E-state index contributed by atoms with van der Waals surface area (Å²) in [5.41, 5.74) is 1.64. The molecule has 0 aliphatic rings. The molecule has 1 aromatic carbocycles. The molecule has 1 unspecified atom stereocenters. The van der Waals surface area contributed by atoms with Gasteiger partial charge in [-0.3, -0.25) is 9.59 Å². The molecule has 1 atom stereocenters. The minimum Gasteiger partial charge on any atom is -0.449 e. The van der Waals surface area contributed by atoms with E-state index in [0.717, 1.165) is 10.4 Å². The van der Waals surface area contributed by atoms with Gasteiger partial charge >= 0.3 is 5.97 Å². The molecule has 0 saturated carbocycles. The molecule has 0 bridgehead atoms. The Hall–Kier alpha value is -2.67. The van der Waals surface area contributed by atoms with Crippen LogP contribution >= 0.6 is 11.3 Å². The third-order valence-electron chi connectivity index (χ3n) is 3.57. The van der Waals surface area contributed by atoms with Crippen LogP contribution in [0.5, 0.6) is 0 Å². The fraction of sp³-hybridized carbons (Fsp3) is 0.278. The summed E-state index contributed by atoms with van der Waals surface area (Å²) in [6.07, 6.45) is -0.975. The standard InChI is InChI=1S/C18H20N2O4S/c1-10-12(3)25-17(19-13(4)21)15(10)18(23)24-11(2)16(22)20-14-8-6-5-7-9-14/h5-9,11H,1-4H3,(H,19,21)(H,20,22). The van der Waals surface area contributed by atoms with E-state index in [0.29, 0.717) is 10.7 Å². The van der Waals surface area contributed by atoms with Crippen LogP contribution in [0.3, 0.4) is 0 Å². The molecule has 0 radical (unpaired) electrons. The largest absolute Gasteiger partial charge is 0.449 e. The van der Waals surface area contributed by atoms with Crippen LogP contribution in [0.25, 0.3) is 0 Å². The second kappa shape index (κ2) is 7.94. The highest BCUT2D eigenvalue weighted by atomic mass is 32.1. The SMILES string of the molecule is CC(=O)Nc1sc(C)c(C)c1C(=O)OC(C)C(=O)Nc1ccccc1. The van der Waals surface area contributed by atoms with E-state index in [4.69, 9.17) is 4.74 Å². The number of hydrogen-bond donors (Lipinski definition) is 2. The highest BCUT2D eigenvalue weighted by Gasteiger charge is 2.25. The zero-order chi connectivity index (χ0) is 18.6. The Morgan fingerprint density at radius 2 is 1.72 bits per heavy atom. The Morgan fingerprint density at radius 1 is 1.08 bits per heavy atom. The number of esters is 1. The van der Waals surface area contributed by atoms with E-state index < -0.39 is 18.0 Å². The molecule has 25 heavy (non-hydrogen) atoms. The highest BCUT2D eigenvalue weighted by molar-refractivity contribution is 7.16. The van der Waals surface area contributed by atoms with Crippen molar-refractivity contribution in [1.82, 2.24) is 0 Å². The van der Waals surface area contributed by atoms with Crippen molar-refractivity contribution in [2.45, 2.75) is 33.8 Å². The second-order valence-electron chi connectivity index (χ2n) is 5.57. The van der Waals surface area contributed by atoms with Crippen molar-refractivity contribution in [3.8, 4) is 0 Å². The van der Waals surface area contributed by atoms with Gasteiger partial charge in [-0.2, -0.15) is 0 Å². The summed E-state index contributed by atoms with van der Waals surface area (Å²) in [5.74, 6) is -1.34. The van der Waals surface area contributed by atoms with Crippen LogP contribution in [0, 0.1) is 13.8 Å². The van der Waals surface area contributed by atoms with Crippen LogP contribution in [0.4, 0.5) is 10.7 Å². The first-order valence-corrected chi connectivity index (χ1v) is 8.55. The van der Waals surface area contributed by atoms with Crippen molar-refractivity contribution in [1.29, 1.82) is 0 Å². The average molecular weight is 360 g/mol. The molecule has 1 aromatic heterocycles. The van der Waals surface area contributed by atoms with Gasteiger partial charge in [0.25, 0.3) is 5.91 Å². The Balaban J connectivity index is 2.11. The molecule has 2 amide bonds. The quantitative estimate of drug-likeness (QED) is 0.799. The van der Waals surface area contributed by atoms with Crippen molar-refractivity contribution in [2.24, 2.45) is 0 Å². The van der Waals surface area contributed by atoms with Gasteiger partial charge in [0.2, 0.25) is 5.91 Å². The Bertz CT molecular complexity index is 799. The van der Waals surface area contributed by atoms with Crippen LogP contribution in [-0.2, 0) is 14.3 Å². The molecule has 2 aromatic rings. The molecule has 0 fully saturated rings. The monoisotopic (exact) mass is 360 g/mol. The second-order valence-corrected chi connectivity index (χ2v) is 6.80. The van der Waals surface area contributed by atoms with Crippen molar-refractivity contribution in [3.63, 3.8) is 0 Å². The Morgan fingerprint density at radius 3 is 2.32 bits per heavy atom. The molecule has 0 aliphatic heterocycles. The van der Waals surface area contributed by atoms with Crippen LogP contribution in [0.2, 0.25) is 0 Å². The normalized spacial score (nSPS) is 11.5. The summed E-state index contributed by atoms with van der Waals surface area (Å²) < 4.78 is 5.29. The summed E-state index contributed by atoms with van der Waals surface area (Å²) in [4.78, 5) is 36.9. The van der Waals surface area contributed by atoms with E-state index in [-0.39, 0.29) is 11.5 Å². The lowest BCUT2D eigenvalue weighted by atomic mass is 10.1. The molecular weight excluding hydrogens is 340 g/mol. The topological polar surface area (TPSA) is 84.5 Å². The lowest BCUT2D eigenvalue weighted by Crippen LogP contribution is -2.30. The fourth-order valence-corrected chi connectivity index (χ4v) is 3.25. The zero-order valence-electron chi connectivity index (χ0n) is 14.5. The zero-order valence-corrected chi connectivity index (χ0v) is 15.3. The number of hydrogen-bond acceptors (Lipinski definition) is 5. The maximum Gasteiger partial charge on any atom is 0.342 e. The molecule has 0 aliphatic carbocycles. The number of anilines is 2. The van der Waals surface area contributed by atoms with Gasteiger partial charge in [-0.05, 0) is 38.5 Å². The van der Waals surface area contributed by atoms with Gasteiger partial charge in [0, 0.05) is 17.5 Å². The molecule has 0 spiro atoms. The Labute approximate surface area is 150 Å². The summed E-state index contributed by atoms with van der Waals surface area (Å²) in [7, 11) is 0. The summed E-state index contributed by atoms with van der Waals surface area (Å²) in [6.45, 7) is 6.51. The molecule has 7 heteroatoms. The third kappa shape index (κ3) is 4.67. The number of ether oxygens (including phenoxy) is 1. The van der Waals surface area contributed by atoms with Gasteiger partial charge in [-0.25, -0.2) is 4.79 Å². The van der Waals surface area contributed by atoms with Gasteiger partial charge in [0.15, 0.2) is 6.10 Å². The molecule has 2 rings (SSSR count). The number of amides is 2. The number of carbonyl (C=O) groups excluding carboxylic acids is 3. The first-order valence-electron chi connectivity index (χ1n) is 7.74. The molecule has 132 valence electrons. The predicted molar refractivity (Wildman–Crippen MR) is 98.0 cm³/mol. The van der Waals surface area contributed by atoms with E-state index in [1.807, 2.05) is 13.0 Å². The molecule has 1 heterocycles. The van der Waals surface area contributed by atoms with Crippen molar-refractivity contribution in [2.75, 3.05) is 10.6 Å². The smallest absolute Gasteiger partial charge is 0.342 e. The third-order valence-corrected chi connectivity index (χ3v) is 4.70. The number of aryl methyl sites for hydroxylation is 1. The summed E-state index contributed by atoms with van der Waals surface area (Å²) in [6, 6.07) is 8.92. The van der Waals surface area contributed by atoms with Gasteiger partial charge < -0.3 is 15.4 Å². The number of nitrogens with one attached hydrogen (secondary N) is 2. The number of carbonyl (C=O) groups is 3. The minimum atomic E-state index is -0.975. The number of para-hydroxylation sites is 1. The van der Waals surface area contributed by atoms with Gasteiger partial charge in [0.05, 0.1) is 5.56 Å². The first-order chi connectivity index (χ1) is 11.8. The number of thiophene rings is 1. The predicted octanol–water partition coefficient (Wildman–Crippen LogP) is 3.51. The fourth-order valence-electron chi connectivity index (χ4n) is 2.16. The highest BCUT2D eigenvalue weighted by Crippen LogP contribution is 2.33. The minimum absolute atomic E-state index is 0.273. The van der Waals surface area contributed by atoms with E-state index in [1.54, 1.807) is 31.2 Å². The van der Waals surface area contributed by atoms with E-state index >= 15 is 0 Å². The van der Waals surface area contributed by atoms with Crippen LogP contribution in [-0.4, -0.2) is 23.9 Å². The van der Waals surface area contributed by atoms with Crippen molar-refractivity contribution < 1.29 is 19.1 Å². The van der Waals surface area contributed by atoms with E-state index in [9.17, 15) is 14.4 Å². The van der Waals surface area contributed by atoms with E-state index in [2.05, 4.69) is 10.6 Å².